The van der Waals surface area contributed by atoms with Gasteiger partial charge in [-0.2, -0.15) is 0 Å². The van der Waals surface area contributed by atoms with Crippen LogP contribution in [0.1, 0.15) is 11.1 Å². The highest BCUT2D eigenvalue weighted by atomic mass is 32.2. The Bertz CT molecular complexity index is 968. The van der Waals surface area contributed by atoms with Crippen molar-refractivity contribution in [2.24, 2.45) is 0 Å². The van der Waals surface area contributed by atoms with Crippen molar-refractivity contribution < 1.29 is 9.90 Å². The molecule has 3 rings (SSSR count). The van der Waals surface area contributed by atoms with Crippen LogP contribution in [0.25, 0.3) is 11.7 Å². The number of carbonyl (C=O) groups is 1. The number of hydrogen-bond acceptors (Lipinski definition) is 7. The monoisotopic (exact) mass is 376 g/mol. The molecular formula is C16H16N4O3S2. The Hall–Kier alpha value is -2.23. The largest absolute Gasteiger partial charge is 0.395 e. The molecule has 2 N–H and O–H groups in total. The molecule has 1 aliphatic heterocycles. The standard InChI is InChI=1S/C16H16N4O3S2/c1-9-4-3-6-20-13(9)18-12(17-5-7-21)10(14(20)22)8-11-15(23)19(2)16(24)25-11/h3-4,6,8,17,21H,5,7H2,1-2H3/b11-8+. The number of hydrogen-bond donors (Lipinski definition) is 2. The second-order valence-electron chi connectivity index (χ2n) is 5.46. The highest BCUT2D eigenvalue weighted by Crippen LogP contribution is 2.31. The number of fused-ring (bicyclic) bond motifs is 1. The molecule has 0 aliphatic carbocycles. The molecule has 0 atom stereocenters. The predicted octanol–water partition coefficient (Wildman–Crippen LogP) is 1.24. The molecule has 0 aromatic carbocycles. The van der Waals surface area contributed by atoms with Gasteiger partial charge in [-0.05, 0) is 24.6 Å². The number of aliphatic hydroxyl groups is 1. The van der Waals surface area contributed by atoms with Crippen molar-refractivity contribution >= 4 is 51.7 Å². The number of carbonyl (C=O) groups excluding carboxylic acids is 1. The fourth-order valence-corrected chi connectivity index (χ4v) is 3.59. The van der Waals surface area contributed by atoms with Gasteiger partial charge >= 0.3 is 0 Å². The van der Waals surface area contributed by atoms with Gasteiger partial charge in [0.25, 0.3) is 11.5 Å². The Morgan fingerprint density at radius 1 is 1.44 bits per heavy atom. The average molecular weight is 376 g/mol. The minimum atomic E-state index is -0.296. The topological polar surface area (TPSA) is 86.9 Å². The van der Waals surface area contributed by atoms with Crippen molar-refractivity contribution in [3.05, 3.63) is 44.7 Å². The van der Waals surface area contributed by atoms with Gasteiger partial charge in [-0.15, -0.1) is 0 Å². The van der Waals surface area contributed by atoms with E-state index >= 15 is 0 Å². The minimum Gasteiger partial charge on any atom is -0.395 e. The van der Waals surface area contributed by atoms with Crippen molar-refractivity contribution in [1.29, 1.82) is 0 Å². The molecule has 0 unspecified atom stereocenters. The fourth-order valence-electron chi connectivity index (χ4n) is 2.43. The van der Waals surface area contributed by atoms with E-state index in [0.29, 0.717) is 20.7 Å². The van der Waals surface area contributed by atoms with Crippen molar-refractivity contribution in [3.63, 3.8) is 0 Å². The van der Waals surface area contributed by atoms with Gasteiger partial charge in [0.2, 0.25) is 0 Å². The summed E-state index contributed by atoms with van der Waals surface area (Å²) in [5.41, 5.74) is 1.33. The van der Waals surface area contributed by atoms with Crippen LogP contribution in [-0.2, 0) is 4.79 Å². The Kier molecular flexibility index (Phi) is 4.89. The maximum Gasteiger partial charge on any atom is 0.267 e. The van der Waals surface area contributed by atoms with Crippen molar-refractivity contribution in [2.45, 2.75) is 6.92 Å². The quantitative estimate of drug-likeness (QED) is 0.613. The lowest BCUT2D eigenvalue weighted by atomic mass is 10.2. The zero-order valence-corrected chi connectivity index (χ0v) is 15.3. The van der Waals surface area contributed by atoms with Gasteiger partial charge in [0.15, 0.2) is 0 Å². The van der Waals surface area contributed by atoms with E-state index in [-0.39, 0.29) is 30.2 Å². The van der Waals surface area contributed by atoms with Gasteiger partial charge in [-0.1, -0.05) is 30.0 Å². The van der Waals surface area contributed by atoms with Gasteiger partial charge in [-0.25, -0.2) is 4.98 Å². The molecule has 0 radical (unpaired) electrons. The molecule has 2 aromatic rings. The van der Waals surface area contributed by atoms with Gasteiger partial charge in [-0.3, -0.25) is 18.9 Å². The zero-order chi connectivity index (χ0) is 18.1. The number of rotatable bonds is 4. The van der Waals surface area contributed by atoms with Crippen LogP contribution in [0.4, 0.5) is 5.82 Å². The molecule has 1 fully saturated rings. The van der Waals surface area contributed by atoms with Crippen LogP contribution in [-0.4, -0.2) is 49.8 Å². The van der Waals surface area contributed by atoms with Crippen LogP contribution in [0.2, 0.25) is 0 Å². The summed E-state index contributed by atoms with van der Waals surface area (Å²) < 4.78 is 1.88. The number of thioether (sulfide) groups is 1. The second kappa shape index (κ2) is 6.95. The summed E-state index contributed by atoms with van der Waals surface area (Å²) in [4.78, 5) is 31.4. The number of anilines is 1. The average Bonchev–Trinajstić information content (AvgIpc) is 2.83. The number of nitrogens with zero attached hydrogens (tertiary/aromatic N) is 3. The smallest absolute Gasteiger partial charge is 0.267 e. The number of aromatic nitrogens is 2. The number of thiocarbonyl (C=S) groups is 1. The molecule has 2 aromatic heterocycles. The Morgan fingerprint density at radius 3 is 2.84 bits per heavy atom. The van der Waals surface area contributed by atoms with E-state index in [2.05, 4.69) is 10.3 Å². The van der Waals surface area contributed by atoms with Crippen LogP contribution in [0.5, 0.6) is 0 Å². The maximum atomic E-state index is 12.9. The second-order valence-corrected chi connectivity index (χ2v) is 7.13. The van der Waals surface area contributed by atoms with Gasteiger partial charge in [0, 0.05) is 19.8 Å². The van der Waals surface area contributed by atoms with Crippen LogP contribution in [0.3, 0.4) is 0 Å². The maximum absolute atomic E-state index is 12.9. The molecule has 3 heterocycles. The summed E-state index contributed by atoms with van der Waals surface area (Å²) in [7, 11) is 1.60. The summed E-state index contributed by atoms with van der Waals surface area (Å²) >= 11 is 6.26. The first-order valence-electron chi connectivity index (χ1n) is 7.52. The number of pyridine rings is 1. The number of aryl methyl sites for hydroxylation is 1. The highest BCUT2D eigenvalue weighted by Gasteiger charge is 2.29. The van der Waals surface area contributed by atoms with E-state index in [0.717, 1.165) is 17.3 Å². The van der Waals surface area contributed by atoms with Gasteiger partial charge < -0.3 is 10.4 Å². The van der Waals surface area contributed by atoms with E-state index in [9.17, 15) is 9.59 Å². The number of likely N-dealkylation sites (N-methyl/N-ethyl adjacent to an activating group) is 1. The SMILES string of the molecule is Cc1cccn2c(=O)c(/C=C3/SC(=S)N(C)C3=O)c(NCCO)nc12. The van der Waals surface area contributed by atoms with Crippen molar-refractivity contribution in [1.82, 2.24) is 14.3 Å². The zero-order valence-electron chi connectivity index (χ0n) is 13.6. The Morgan fingerprint density at radius 2 is 2.20 bits per heavy atom. The van der Waals surface area contributed by atoms with Crippen LogP contribution < -0.4 is 10.9 Å². The van der Waals surface area contributed by atoms with E-state index < -0.39 is 0 Å². The van der Waals surface area contributed by atoms with Crippen LogP contribution in [0.15, 0.2) is 28.0 Å². The molecule has 0 bridgehead atoms. The lowest BCUT2D eigenvalue weighted by Crippen LogP contribution is -2.23. The summed E-state index contributed by atoms with van der Waals surface area (Å²) in [6.45, 7) is 1.99. The number of nitrogens with one attached hydrogen (secondary N) is 1. The third kappa shape index (κ3) is 3.17. The number of amides is 1. The third-order valence-electron chi connectivity index (χ3n) is 3.75. The molecule has 7 nitrogen and oxygen atoms in total. The van der Waals surface area contributed by atoms with E-state index in [1.807, 2.05) is 13.0 Å². The molecular weight excluding hydrogens is 360 g/mol. The lowest BCUT2D eigenvalue weighted by Gasteiger charge is -2.11. The number of aliphatic hydroxyl groups excluding tert-OH is 1. The molecule has 0 spiro atoms. The Balaban J connectivity index is 2.22. The normalized spacial score (nSPS) is 16.3. The summed E-state index contributed by atoms with van der Waals surface area (Å²) in [5.74, 6) is 0.0755. The molecule has 1 amide bonds. The van der Waals surface area contributed by atoms with E-state index in [1.54, 1.807) is 19.3 Å². The first kappa shape index (κ1) is 17.6. The van der Waals surface area contributed by atoms with Crippen LogP contribution in [0, 0.1) is 6.92 Å². The highest BCUT2D eigenvalue weighted by molar-refractivity contribution is 8.26. The summed E-state index contributed by atoms with van der Waals surface area (Å²) in [6.07, 6.45) is 3.14. The molecule has 0 saturated carbocycles. The van der Waals surface area contributed by atoms with Crippen LogP contribution >= 0.6 is 24.0 Å². The summed E-state index contributed by atoms with van der Waals surface area (Å²) in [5, 5.41) is 12.0. The third-order valence-corrected chi connectivity index (χ3v) is 5.24. The molecule has 1 saturated heterocycles. The first-order valence-corrected chi connectivity index (χ1v) is 8.74. The molecule has 130 valence electrons. The molecule has 1 aliphatic rings. The summed E-state index contributed by atoms with van der Waals surface area (Å²) in [6, 6.07) is 3.63. The van der Waals surface area contributed by atoms with Gasteiger partial charge in [0.05, 0.1) is 17.1 Å². The van der Waals surface area contributed by atoms with Crippen molar-refractivity contribution in [2.75, 3.05) is 25.5 Å². The van der Waals surface area contributed by atoms with E-state index in [1.165, 1.54) is 15.4 Å². The van der Waals surface area contributed by atoms with Crippen molar-refractivity contribution in [3.8, 4) is 0 Å². The Labute approximate surface area is 153 Å². The predicted molar refractivity (Wildman–Crippen MR) is 103 cm³/mol. The minimum absolute atomic E-state index is 0.106. The first-order chi connectivity index (χ1) is 11.9. The van der Waals surface area contributed by atoms with Gasteiger partial charge in [0.1, 0.15) is 15.8 Å². The molecule has 9 heteroatoms. The molecule has 25 heavy (non-hydrogen) atoms. The van der Waals surface area contributed by atoms with E-state index in [4.69, 9.17) is 17.3 Å². The fraction of sp³-hybridized carbons (Fsp3) is 0.250. The lowest BCUT2D eigenvalue weighted by molar-refractivity contribution is -0.121.